The van der Waals surface area contributed by atoms with Gasteiger partial charge in [-0.05, 0) is 38.4 Å². The van der Waals surface area contributed by atoms with E-state index in [1.165, 1.54) is 0 Å². The lowest BCUT2D eigenvalue weighted by Crippen LogP contribution is -2.23. The minimum absolute atomic E-state index is 0.520. The average molecular weight is 274 g/mol. The molecule has 0 bridgehead atoms. The number of halogens is 2. The van der Waals surface area contributed by atoms with E-state index in [0.29, 0.717) is 16.1 Å². The van der Waals surface area contributed by atoms with Crippen LogP contribution in [0, 0.1) is 12.8 Å². The van der Waals surface area contributed by atoms with Crippen molar-refractivity contribution >= 4 is 23.2 Å². The van der Waals surface area contributed by atoms with Gasteiger partial charge >= 0.3 is 0 Å². The first kappa shape index (κ1) is 13.1. The van der Waals surface area contributed by atoms with Gasteiger partial charge in [0.1, 0.15) is 5.15 Å². The maximum Gasteiger partial charge on any atom is 0.135 e. The maximum atomic E-state index is 6.21. The molecule has 1 atom stereocenters. The predicted molar refractivity (Wildman–Crippen MR) is 71.4 cm³/mol. The first-order chi connectivity index (χ1) is 8.10. The Morgan fingerprint density at radius 3 is 2.88 bits per heavy atom. The van der Waals surface area contributed by atoms with Gasteiger partial charge in [0.2, 0.25) is 0 Å². The molecule has 1 unspecified atom stereocenters. The van der Waals surface area contributed by atoms with Gasteiger partial charge in [-0.15, -0.1) is 0 Å². The largest absolute Gasteiger partial charge is 0.330 e. The van der Waals surface area contributed by atoms with E-state index in [2.05, 4.69) is 9.88 Å². The Kier molecular flexibility index (Phi) is 4.26. The molecule has 0 aromatic carbocycles. The van der Waals surface area contributed by atoms with Crippen molar-refractivity contribution in [2.75, 3.05) is 19.6 Å². The zero-order valence-corrected chi connectivity index (χ0v) is 11.4. The molecule has 2 heterocycles. The van der Waals surface area contributed by atoms with Crippen LogP contribution in [0.2, 0.25) is 10.2 Å². The second-order valence-electron chi connectivity index (χ2n) is 4.64. The molecule has 0 aliphatic carbocycles. The molecule has 17 heavy (non-hydrogen) atoms. The number of nitrogens with zero attached hydrogens (tertiary/aromatic N) is 2. The van der Waals surface area contributed by atoms with Crippen LogP contribution in [0.15, 0.2) is 6.07 Å². The van der Waals surface area contributed by atoms with Crippen molar-refractivity contribution in [1.82, 2.24) is 9.88 Å². The Labute approximate surface area is 112 Å². The maximum absolute atomic E-state index is 6.21. The van der Waals surface area contributed by atoms with E-state index >= 15 is 0 Å². The van der Waals surface area contributed by atoms with E-state index in [4.69, 9.17) is 28.9 Å². The third-order valence-corrected chi connectivity index (χ3v) is 3.88. The number of aromatic nitrogens is 1. The number of hydrogen-bond acceptors (Lipinski definition) is 3. The number of nitrogens with two attached hydrogens (primary N) is 1. The SMILES string of the molecule is Cc1cc(Cl)c(CN2CCC(CN)C2)c(Cl)n1. The van der Waals surface area contributed by atoms with Crippen LogP contribution in [0.5, 0.6) is 0 Å². The number of pyridine rings is 1. The molecule has 0 radical (unpaired) electrons. The van der Waals surface area contributed by atoms with Crippen molar-refractivity contribution in [1.29, 1.82) is 0 Å². The average Bonchev–Trinajstić information content (AvgIpc) is 2.71. The van der Waals surface area contributed by atoms with Gasteiger partial charge in [0, 0.05) is 29.4 Å². The Morgan fingerprint density at radius 1 is 1.53 bits per heavy atom. The molecule has 0 saturated carbocycles. The summed E-state index contributed by atoms with van der Waals surface area (Å²) in [5.74, 6) is 0.603. The summed E-state index contributed by atoms with van der Waals surface area (Å²) in [4.78, 5) is 6.58. The molecule has 1 aromatic heterocycles. The summed E-state index contributed by atoms with van der Waals surface area (Å²) in [5.41, 5.74) is 7.46. The normalized spacial score (nSPS) is 21.1. The van der Waals surface area contributed by atoms with E-state index in [1.54, 1.807) is 0 Å². The van der Waals surface area contributed by atoms with Crippen molar-refractivity contribution in [2.24, 2.45) is 11.7 Å². The second kappa shape index (κ2) is 5.53. The molecule has 0 amide bonds. The van der Waals surface area contributed by atoms with Crippen molar-refractivity contribution in [3.8, 4) is 0 Å². The van der Waals surface area contributed by atoms with Crippen LogP contribution in [-0.2, 0) is 6.54 Å². The first-order valence-corrected chi connectivity index (χ1v) is 6.59. The number of aryl methyl sites for hydroxylation is 1. The fourth-order valence-corrected chi connectivity index (χ4v) is 2.89. The van der Waals surface area contributed by atoms with E-state index in [-0.39, 0.29) is 0 Å². The molecule has 1 fully saturated rings. The molecule has 3 nitrogen and oxygen atoms in total. The lowest BCUT2D eigenvalue weighted by atomic mass is 10.1. The van der Waals surface area contributed by atoms with Gasteiger partial charge in [-0.25, -0.2) is 4.98 Å². The first-order valence-electron chi connectivity index (χ1n) is 5.84. The molecular formula is C12H17Cl2N3. The van der Waals surface area contributed by atoms with Crippen molar-refractivity contribution < 1.29 is 0 Å². The van der Waals surface area contributed by atoms with Gasteiger partial charge in [0.15, 0.2) is 0 Å². The van der Waals surface area contributed by atoms with E-state index in [9.17, 15) is 0 Å². The lowest BCUT2D eigenvalue weighted by molar-refractivity contribution is 0.317. The lowest BCUT2D eigenvalue weighted by Gasteiger charge is -2.17. The zero-order chi connectivity index (χ0) is 12.4. The minimum Gasteiger partial charge on any atom is -0.330 e. The van der Waals surface area contributed by atoms with Gasteiger partial charge in [-0.3, -0.25) is 4.90 Å². The summed E-state index contributed by atoms with van der Waals surface area (Å²) in [6.45, 7) is 5.49. The molecule has 1 aliphatic rings. The standard InChI is InChI=1S/C12H17Cl2N3/c1-8-4-11(13)10(12(14)16-8)7-17-3-2-9(5-15)6-17/h4,9H,2-3,5-7,15H2,1H3. The van der Waals surface area contributed by atoms with Crippen LogP contribution in [0.3, 0.4) is 0 Å². The van der Waals surface area contributed by atoms with Gasteiger partial charge in [0.25, 0.3) is 0 Å². The third kappa shape index (κ3) is 3.10. The molecule has 1 saturated heterocycles. The summed E-state index contributed by atoms with van der Waals surface area (Å²) in [6.07, 6.45) is 1.16. The second-order valence-corrected chi connectivity index (χ2v) is 5.41. The summed E-state index contributed by atoms with van der Waals surface area (Å²) < 4.78 is 0. The van der Waals surface area contributed by atoms with Crippen molar-refractivity contribution in [3.63, 3.8) is 0 Å². The quantitative estimate of drug-likeness (QED) is 0.861. The molecule has 2 N–H and O–H groups in total. The van der Waals surface area contributed by atoms with Crippen LogP contribution >= 0.6 is 23.2 Å². The van der Waals surface area contributed by atoms with Gasteiger partial charge in [-0.2, -0.15) is 0 Å². The smallest absolute Gasteiger partial charge is 0.135 e. The highest BCUT2D eigenvalue weighted by Gasteiger charge is 2.22. The molecule has 94 valence electrons. The van der Waals surface area contributed by atoms with E-state index in [1.807, 2.05) is 13.0 Å². The zero-order valence-electron chi connectivity index (χ0n) is 9.92. The Bertz CT molecular complexity index is 386. The predicted octanol–water partition coefficient (Wildman–Crippen LogP) is 2.48. The van der Waals surface area contributed by atoms with Gasteiger partial charge in [-0.1, -0.05) is 23.2 Å². The molecule has 2 rings (SSSR count). The van der Waals surface area contributed by atoms with Crippen LogP contribution in [0.25, 0.3) is 0 Å². The summed E-state index contributed by atoms with van der Waals surface area (Å²) in [5, 5.41) is 1.23. The van der Waals surface area contributed by atoms with Gasteiger partial charge in [0.05, 0.1) is 0 Å². The third-order valence-electron chi connectivity index (χ3n) is 3.23. The number of rotatable bonds is 3. The van der Waals surface area contributed by atoms with Crippen LogP contribution < -0.4 is 5.73 Å². The Hall–Kier alpha value is -0.350. The molecule has 0 spiro atoms. The summed E-state index contributed by atoms with van der Waals surface area (Å²) >= 11 is 12.3. The highest BCUT2D eigenvalue weighted by atomic mass is 35.5. The topological polar surface area (TPSA) is 42.1 Å². The van der Waals surface area contributed by atoms with E-state index in [0.717, 1.165) is 43.9 Å². The molecule has 1 aromatic rings. The summed E-state index contributed by atoms with van der Waals surface area (Å²) in [6, 6.07) is 1.86. The Balaban J connectivity index is 2.09. The van der Waals surface area contributed by atoms with Crippen molar-refractivity contribution in [3.05, 3.63) is 27.5 Å². The molecule has 1 aliphatic heterocycles. The van der Waals surface area contributed by atoms with Crippen LogP contribution in [-0.4, -0.2) is 29.5 Å². The fourth-order valence-electron chi connectivity index (χ4n) is 2.24. The minimum atomic E-state index is 0.520. The molecule has 5 heteroatoms. The fraction of sp³-hybridized carbons (Fsp3) is 0.583. The summed E-state index contributed by atoms with van der Waals surface area (Å²) in [7, 11) is 0. The molecular weight excluding hydrogens is 257 g/mol. The van der Waals surface area contributed by atoms with Crippen molar-refractivity contribution in [2.45, 2.75) is 19.9 Å². The number of hydrogen-bond donors (Lipinski definition) is 1. The Morgan fingerprint density at radius 2 is 2.29 bits per heavy atom. The van der Waals surface area contributed by atoms with Gasteiger partial charge < -0.3 is 5.73 Å². The number of likely N-dealkylation sites (tertiary alicyclic amines) is 1. The monoisotopic (exact) mass is 273 g/mol. The van der Waals surface area contributed by atoms with Crippen LogP contribution in [0.1, 0.15) is 17.7 Å². The van der Waals surface area contributed by atoms with E-state index < -0.39 is 0 Å². The van der Waals surface area contributed by atoms with Crippen LogP contribution in [0.4, 0.5) is 0 Å². The highest BCUT2D eigenvalue weighted by Crippen LogP contribution is 2.27. The highest BCUT2D eigenvalue weighted by molar-refractivity contribution is 6.35.